The summed E-state index contributed by atoms with van der Waals surface area (Å²) in [6.07, 6.45) is -2.70. The van der Waals surface area contributed by atoms with Crippen LogP contribution in [0, 0.1) is 10.7 Å². The number of carbonyl (C=O) groups excluding carboxylic acids is 3. The Morgan fingerprint density at radius 3 is 1.82 bits per heavy atom. The molecule has 0 saturated carbocycles. The summed E-state index contributed by atoms with van der Waals surface area (Å²) in [4.78, 5) is 40.1. The molecule has 0 bridgehead atoms. The van der Waals surface area contributed by atoms with E-state index in [2.05, 4.69) is 10.6 Å². The summed E-state index contributed by atoms with van der Waals surface area (Å²) >= 11 is 5.66. The minimum absolute atomic E-state index is 0.0949. The van der Waals surface area contributed by atoms with Gasteiger partial charge in [-0.25, -0.2) is 0 Å². The summed E-state index contributed by atoms with van der Waals surface area (Å²) in [6.45, 7) is -1.26. The van der Waals surface area contributed by atoms with Crippen LogP contribution in [0.15, 0.2) is 0 Å². The van der Waals surface area contributed by atoms with Crippen LogP contribution in [-0.4, -0.2) is 94.4 Å². The van der Waals surface area contributed by atoms with Gasteiger partial charge in [-0.15, -0.1) is 0 Å². The van der Waals surface area contributed by atoms with E-state index in [1.54, 1.807) is 0 Å². The first kappa shape index (κ1) is 28.9. The predicted molar refractivity (Wildman–Crippen MR) is 143 cm³/mol. The molecule has 3 atom stereocenters. The number of aliphatic hydroxyl groups is 5. The zero-order chi connectivity index (χ0) is 24.9. The van der Waals surface area contributed by atoms with Crippen molar-refractivity contribution in [3.05, 3.63) is 21.8 Å². The molecule has 7 N–H and O–H groups in total. The highest BCUT2D eigenvalue weighted by atomic mass is 127. The van der Waals surface area contributed by atoms with E-state index in [4.69, 9.17) is 10.2 Å². The second-order valence-electron chi connectivity index (χ2n) is 7.28. The fourth-order valence-electron chi connectivity index (χ4n) is 3.09. The molecular formula is C19H24I3N3O8. The van der Waals surface area contributed by atoms with Crippen molar-refractivity contribution in [2.24, 2.45) is 0 Å². The molecule has 1 aliphatic heterocycles. The number of carbonyl (C=O) groups is 3. The number of nitrogens with one attached hydrogen (secondary N) is 2. The summed E-state index contributed by atoms with van der Waals surface area (Å²) in [5.41, 5.74) is 0.496. The van der Waals surface area contributed by atoms with E-state index in [1.165, 1.54) is 4.90 Å². The third kappa shape index (κ3) is 6.85. The van der Waals surface area contributed by atoms with Gasteiger partial charge < -0.3 is 41.1 Å². The summed E-state index contributed by atoms with van der Waals surface area (Å²) in [6, 6.07) is 0. The highest BCUT2D eigenvalue weighted by Gasteiger charge is 2.35. The smallest absolute Gasteiger partial charge is 0.255 e. The number of anilines is 1. The SMILES string of the molecule is O=C(NCC(O)CO)c1c(I)c(C(=O)NCC(O)CO)c(I)c(N2CCCC(O)C2=O)c1I. The van der Waals surface area contributed by atoms with Gasteiger partial charge in [0, 0.05) is 23.2 Å². The Morgan fingerprint density at radius 1 is 0.939 bits per heavy atom. The van der Waals surface area contributed by atoms with Gasteiger partial charge in [-0.05, 0) is 80.6 Å². The highest BCUT2D eigenvalue weighted by Crippen LogP contribution is 2.39. The Hall–Kier alpha value is -0.380. The third-order valence-corrected chi connectivity index (χ3v) is 8.03. The fourth-order valence-corrected chi connectivity index (χ4v) is 7.82. The van der Waals surface area contributed by atoms with Crippen LogP contribution in [0.25, 0.3) is 0 Å². The van der Waals surface area contributed by atoms with Crippen molar-refractivity contribution in [1.29, 1.82) is 0 Å². The number of nitrogens with zero attached hydrogens (tertiary/aromatic N) is 1. The van der Waals surface area contributed by atoms with E-state index in [9.17, 15) is 29.7 Å². The summed E-state index contributed by atoms with van der Waals surface area (Å²) < 4.78 is 1.04. The molecule has 1 saturated heterocycles. The molecule has 14 heteroatoms. The largest absolute Gasteiger partial charge is 0.394 e. The lowest BCUT2D eigenvalue weighted by molar-refractivity contribution is -0.128. The zero-order valence-electron chi connectivity index (χ0n) is 17.2. The quantitative estimate of drug-likeness (QED) is 0.158. The Labute approximate surface area is 230 Å². The van der Waals surface area contributed by atoms with Crippen LogP contribution in [0.3, 0.4) is 0 Å². The maximum Gasteiger partial charge on any atom is 0.255 e. The van der Waals surface area contributed by atoms with Gasteiger partial charge >= 0.3 is 0 Å². The molecule has 1 fully saturated rings. The molecule has 184 valence electrons. The molecule has 1 aromatic carbocycles. The van der Waals surface area contributed by atoms with E-state index in [0.717, 1.165) is 0 Å². The summed E-state index contributed by atoms with van der Waals surface area (Å²) in [7, 11) is 0. The van der Waals surface area contributed by atoms with Crippen molar-refractivity contribution < 1.29 is 39.9 Å². The molecule has 0 radical (unpaired) electrons. The number of hydrogen-bond donors (Lipinski definition) is 7. The average Bonchev–Trinajstić information content (AvgIpc) is 2.78. The Balaban J connectivity index is 2.62. The Bertz CT molecular complexity index is 864. The number of aliphatic hydroxyl groups excluding tert-OH is 5. The lowest BCUT2D eigenvalue weighted by Gasteiger charge is -2.33. The van der Waals surface area contributed by atoms with Gasteiger partial charge in [0.05, 0.1) is 49.4 Å². The Kier molecular flexibility index (Phi) is 11.4. The van der Waals surface area contributed by atoms with Crippen LogP contribution in [0.2, 0.25) is 0 Å². The van der Waals surface area contributed by atoms with Crippen molar-refractivity contribution in [3.8, 4) is 0 Å². The summed E-state index contributed by atoms with van der Waals surface area (Å²) in [5.74, 6) is -1.78. The van der Waals surface area contributed by atoms with Crippen LogP contribution >= 0.6 is 67.8 Å². The average molecular weight is 803 g/mol. The third-order valence-electron chi connectivity index (χ3n) is 4.85. The van der Waals surface area contributed by atoms with Crippen LogP contribution in [0.1, 0.15) is 33.6 Å². The second-order valence-corrected chi connectivity index (χ2v) is 10.5. The lowest BCUT2D eigenvalue weighted by atomic mass is 10.0. The van der Waals surface area contributed by atoms with Crippen molar-refractivity contribution >= 4 is 91.2 Å². The number of hydrogen-bond acceptors (Lipinski definition) is 8. The molecular weight excluding hydrogens is 779 g/mol. The number of benzene rings is 1. The standard InChI is InChI=1S/C19H24I3N3O8/c20-13-11(17(31)23-4-8(28)6-26)14(21)16(25-3-1-2-10(30)19(25)33)15(22)12(13)18(32)24-5-9(29)7-27/h8-10,26-30H,1-7H2,(H,23,31)(H,24,32). The van der Waals surface area contributed by atoms with Gasteiger partial charge in [0.1, 0.15) is 6.10 Å². The first-order valence-corrected chi connectivity index (χ1v) is 13.1. The van der Waals surface area contributed by atoms with E-state index in [1.807, 2.05) is 67.8 Å². The van der Waals surface area contributed by atoms with Gasteiger partial charge in [-0.1, -0.05) is 0 Å². The molecule has 1 heterocycles. The first-order chi connectivity index (χ1) is 15.5. The Morgan fingerprint density at radius 2 is 1.39 bits per heavy atom. The maximum absolute atomic E-state index is 13.0. The van der Waals surface area contributed by atoms with Crippen molar-refractivity contribution in [1.82, 2.24) is 10.6 Å². The normalized spacial score (nSPS) is 18.1. The number of amides is 3. The topological polar surface area (TPSA) is 180 Å². The van der Waals surface area contributed by atoms with Crippen LogP contribution < -0.4 is 15.5 Å². The number of piperidine rings is 1. The van der Waals surface area contributed by atoms with Gasteiger partial charge in [-0.3, -0.25) is 14.4 Å². The van der Waals surface area contributed by atoms with Crippen molar-refractivity contribution in [2.75, 3.05) is 37.7 Å². The van der Waals surface area contributed by atoms with Crippen LogP contribution in [0.4, 0.5) is 5.69 Å². The molecule has 3 amide bonds. The van der Waals surface area contributed by atoms with Gasteiger partial charge in [0.15, 0.2) is 0 Å². The van der Waals surface area contributed by atoms with Crippen LogP contribution in [0.5, 0.6) is 0 Å². The summed E-state index contributed by atoms with van der Waals surface area (Å²) in [5, 5.41) is 52.3. The molecule has 3 unspecified atom stereocenters. The predicted octanol–water partition coefficient (Wildman–Crippen LogP) is -0.846. The van der Waals surface area contributed by atoms with Gasteiger partial charge in [-0.2, -0.15) is 0 Å². The second kappa shape index (κ2) is 13.1. The minimum atomic E-state index is -1.20. The molecule has 0 aromatic heterocycles. The van der Waals surface area contributed by atoms with E-state index in [-0.39, 0.29) is 34.3 Å². The van der Waals surface area contributed by atoms with Crippen molar-refractivity contribution in [3.63, 3.8) is 0 Å². The maximum atomic E-state index is 13.0. The molecule has 11 nitrogen and oxygen atoms in total. The van der Waals surface area contributed by atoms with Crippen LogP contribution in [-0.2, 0) is 4.79 Å². The first-order valence-electron chi connectivity index (χ1n) is 9.89. The van der Waals surface area contributed by atoms with E-state index >= 15 is 0 Å². The molecule has 0 aliphatic carbocycles. The highest BCUT2D eigenvalue weighted by molar-refractivity contribution is 14.1. The molecule has 1 aliphatic rings. The van der Waals surface area contributed by atoms with E-state index in [0.29, 0.717) is 25.7 Å². The molecule has 2 rings (SSSR count). The lowest BCUT2D eigenvalue weighted by Crippen LogP contribution is -2.46. The number of rotatable bonds is 9. The van der Waals surface area contributed by atoms with E-state index < -0.39 is 49.2 Å². The molecule has 1 aromatic rings. The van der Waals surface area contributed by atoms with Gasteiger partial charge in [0.25, 0.3) is 17.7 Å². The minimum Gasteiger partial charge on any atom is -0.394 e. The monoisotopic (exact) mass is 803 g/mol. The van der Waals surface area contributed by atoms with Gasteiger partial charge in [0.2, 0.25) is 0 Å². The fraction of sp³-hybridized carbons (Fsp3) is 0.526. The van der Waals surface area contributed by atoms with Crippen molar-refractivity contribution in [2.45, 2.75) is 31.2 Å². The molecule has 33 heavy (non-hydrogen) atoms. The number of halogens is 3. The zero-order valence-corrected chi connectivity index (χ0v) is 23.7. The molecule has 0 spiro atoms.